The molecule has 0 aliphatic carbocycles. The number of azo groups is 1. The number of nitrogen functional groups attached to an aromatic ring is 1. The molecule has 0 amide bonds. The molecule has 7 heteroatoms. The summed E-state index contributed by atoms with van der Waals surface area (Å²) in [5.74, 6) is 0.742. The third-order valence-corrected chi connectivity index (χ3v) is 3.64. The fourth-order valence-corrected chi connectivity index (χ4v) is 2.38. The summed E-state index contributed by atoms with van der Waals surface area (Å²) in [6.07, 6.45) is 0. The van der Waals surface area contributed by atoms with E-state index < -0.39 is 0 Å². The standard InChI is InChI=1S/C17H15N5O2/c1-10-2-4-11(5-3-10)21-22-14-12(18)6-7-13-15(14)20-17-16(19-13)23-8-9-24-17/h2-7H,8-9,18H2,1H3. The Kier molecular flexibility index (Phi) is 3.45. The monoisotopic (exact) mass is 321 g/mol. The minimum Gasteiger partial charge on any atom is -0.470 e. The highest BCUT2D eigenvalue weighted by atomic mass is 16.6. The number of rotatable bonds is 2. The number of nitrogens with two attached hydrogens (primary N) is 1. The zero-order valence-corrected chi connectivity index (χ0v) is 13.1. The molecule has 2 aromatic carbocycles. The molecular weight excluding hydrogens is 306 g/mol. The van der Waals surface area contributed by atoms with Gasteiger partial charge in [-0.1, -0.05) is 17.7 Å². The molecule has 0 bridgehead atoms. The van der Waals surface area contributed by atoms with Gasteiger partial charge in [-0.15, -0.1) is 5.11 Å². The first-order chi connectivity index (χ1) is 11.7. The lowest BCUT2D eigenvalue weighted by Gasteiger charge is -2.16. The normalized spacial score (nSPS) is 13.5. The van der Waals surface area contributed by atoms with Gasteiger partial charge >= 0.3 is 0 Å². The molecule has 24 heavy (non-hydrogen) atoms. The SMILES string of the molecule is Cc1ccc(N=Nc2c(N)ccc3nc4c(nc23)OCCO4)cc1. The number of nitrogens with zero attached hydrogens (tertiary/aromatic N) is 4. The smallest absolute Gasteiger partial charge is 0.278 e. The van der Waals surface area contributed by atoms with Crippen LogP contribution in [-0.4, -0.2) is 23.2 Å². The van der Waals surface area contributed by atoms with E-state index in [-0.39, 0.29) is 0 Å². The Morgan fingerprint density at radius 1 is 0.917 bits per heavy atom. The first kappa shape index (κ1) is 14.4. The van der Waals surface area contributed by atoms with Gasteiger partial charge in [0, 0.05) is 0 Å². The van der Waals surface area contributed by atoms with Crippen LogP contribution in [0.25, 0.3) is 11.0 Å². The van der Waals surface area contributed by atoms with Crippen molar-refractivity contribution in [2.75, 3.05) is 18.9 Å². The second kappa shape index (κ2) is 5.77. The van der Waals surface area contributed by atoms with E-state index in [0.29, 0.717) is 47.4 Å². The molecule has 0 fully saturated rings. The lowest BCUT2D eigenvalue weighted by atomic mass is 10.2. The quantitative estimate of drug-likeness (QED) is 0.573. The third kappa shape index (κ3) is 2.60. The van der Waals surface area contributed by atoms with Crippen LogP contribution in [0.4, 0.5) is 17.1 Å². The van der Waals surface area contributed by atoms with Gasteiger partial charge < -0.3 is 15.2 Å². The number of ether oxygens (including phenoxy) is 2. The van der Waals surface area contributed by atoms with Crippen molar-refractivity contribution in [2.45, 2.75) is 6.92 Å². The summed E-state index contributed by atoms with van der Waals surface area (Å²) in [4.78, 5) is 8.88. The highest BCUT2D eigenvalue weighted by Crippen LogP contribution is 2.36. The highest BCUT2D eigenvalue weighted by molar-refractivity contribution is 5.93. The minimum absolute atomic E-state index is 0.353. The number of benzene rings is 2. The van der Waals surface area contributed by atoms with Crippen molar-refractivity contribution < 1.29 is 9.47 Å². The van der Waals surface area contributed by atoms with Crippen molar-refractivity contribution in [2.24, 2.45) is 10.2 Å². The van der Waals surface area contributed by atoms with Gasteiger partial charge in [0.2, 0.25) is 0 Å². The molecule has 0 saturated heterocycles. The minimum atomic E-state index is 0.353. The van der Waals surface area contributed by atoms with Crippen molar-refractivity contribution >= 4 is 28.1 Å². The number of anilines is 1. The highest BCUT2D eigenvalue weighted by Gasteiger charge is 2.18. The first-order valence-corrected chi connectivity index (χ1v) is 7.55. The zero-order valence-electron chi connectivity index (χ0n) is 13.1. The van der Waals surface area contributed by atoms with Gasteiger partial charge in [0.25, 0.3) is 11.8 Å². The van der Waals surface area contributed by atoms with Crippen LogP contribution in [0.3, 0.4) is 0 Å². The molecule has 1 aliphatic heterocycles. The molecule has 7 nitrogen and oxygen atoms in total. The second-order valence-electron chi connectivity index (χ2n) is 5.44. The summed E-state index contributed by atoms with van der Waals surface area (Å²) in [6.45, 7) is 2.92. The fraction of sp³-hybridized carbons (Fsp3) is 0.176. The van der Waals surface area contributed by atoms with Crippen LogP contribution in [0, 0.1) is 6.92 Å². The van der Waals surface area contributed by atoms with Gasteiger partial charge in [-0.05, 0) is 31.2 Å². The van der Waals surface area contributed by atoms with E-state index in [1.54, 1.807) is 12.1 Å². The average molecular weight is 321 g/mol. The van der Waals surface area contributed by atoms with Crippen LogP contribution in [0.1, 0.15) is 5.56 Å². The Balaban J connectivity index is 1.81. The Bertz CT molecular complexity index is 938. The number of aromatic nitrogens is 2. The van der Waals surface area contributed by atoms with Crippen molar-refractivity contribution in [1.29, 1.82) is 0 Å². The van der Waals surface area contributed by atoms with E-state index in [1.807, 2.05) is 31.2 Å². The predicted molar refractivity (Wildman–Crippen MR) is 90.3 cm³/mol. The van der Waals surface area contributed by atoms with E-state index >= 15 is 0 Å². The largest absolute Gasteiger partial charge is 0.470 e. The van der Waals surface area contributed by atoms with Gasteiger partial charge in [0.05, 0.1) is 16.9 Å². The molecule has 0 radical (unpaired) electrons. The molecule has 2 N–H and O–H groups in total. The molecule has 3 aromatic rings. The molecule has 120 valence electrons. The van der Waals surface area contributed by atoms with Crippen LogP contribution in [0.2, 0.25) is 0 Å². The number of hydrogen-bond acceptors (Lipinski definition) is 7. The van der Waals surface area contributed by atoms with Gasteiger partial charge in [0.1, 0.15) is 24.4 Å². The van der Waals surface area contributed by atoms with Crippen LogP contribution < -0.4 is 15.2 Å². The number of fused-ring (bicyclic) bond motifs is 2. The maximum atomic E-state index is 6.06. The topological polar surface area (TPSA) is 95.0 Å². The van der Waals surface area contributed by atoms with E-state index in [9.17, 15) is 0 Å². The summed E-state index contributed by atoms with van der Waals surface area (Å²) in [7, 11) is 0. The molecule has 1 aliphatic rings. The molecule has 0 saturated carbocycles. The molecular formula is C17H15N5O2. The average Bonchev–Trinajstić information content (AvgIpc) is 2.61. The molecule has 4 rings (SSSR count). The van der Waals surface area contributed by atoms with Gasteiger partial charge in [-0.3, -0.25) is 0 Å². The van der Waals surface area contributed by atoms with Crippen LogP contribution in [-0.2, 0) is 0 Å². The van der Waals surface area contributed by atoms with E-state index in [4.69, 9.17) is 15.2 Å². The Hall–Kier alpha value is -3.22. The van der Waals surface area contributed by atoms with E-state index in [0.717, 1.165) is 11.3 Å². The summed E-state index contributed by atoms with van der Waals surface area (Å²) in [5, 5.41) is 8.53. The Morgan fingerprint density at radius 2 is 1.62 bits per heavy atom. The lowest BCUT2D eigenvalue weighted by Crippen LogP contribution is -2.17. The van der Waals surface area contributed by atoms with Gasteiger partial charge in [-0.2, -0.15) is 5.11 Å². The second-order valence-corrected chi connectivity index (χ2v) is 5.44. The number of aryl methyl sites for hydroxylation is 1. The molecule has 2 heterocycles. The van der Waals surface area contributed by atoms with E-state index in [2.05, 4.69) is 20.2 Å². The van der Waals surface area contributed by atoms with Crippen LogP contribution in [0.5, 0.6) is 11.8 Å². The fourth-order valence-electron chi connectivity index (χ4n) is 2.38. The van der Waals surface area contributed by atoms with Crippen molar-refractivity contribution in [1.82, 2.24) is 9.97 Å². The zero-order chi connectivity index (χ0) is 16.5. The van der Waals surface area contributed by atoms with Gasteiger partial charge in [-0.25, -0.2) is 9.97 Å². The van der Waals surface area contributed by atoms with Crippen molar-refractivity contribution in [3.8, 4) is 11.8 Å². The lowest BCUT2D eigenvalue weighted by molar-refractivity contribution is 0.158. The molecule has 0 unspecified atom stereocenters. The Morgan fingerprint density at radius 3 is 2.38 bits per heavy atom. The molecule has 0 atom stereocenters. The predicted octanol–water partition coefficient (Wildman–Crippen LogP) is 3.71. The first-order valence-electron chi connectivity index (χ1n) is 7.55. The molecule has 0 spiro atoms. The maximum Gasteiger partial charge on any atom is 0.278 e. The van der Waals surface area contributed by atoms with Crippen molar-refractivity contribution in [3.05, 3.63) is 42.0 Å². The summed E-state index contributed by atoms with van der Waals surface area (Å²) in [5.41, 5.74) is 10.1. The number of hydrogen-bond donors (Lipinski definition) is 1. The maximum absolute atomic E-state index is 6.06. The van der Waals surface area contributed by atoms with Crippen LogP contribution >= 0.6 is 0 Å². The summed E-state index contributed by atoms with van der Waals surface area (Å²) >= 11 is 0. The van der Waals surface area contributed by atoms with Crippen LogP contribution in [0.15, 0.2) is 46.6 Å². The molecule has 1 aromatic heterocycles. The third-order valence-electron chi connectivity index (χ3n) is 3.64. The van der Waals surface area contributed by atoms with Gasteiger partial charge in [0.15, 0.2) is 0 Å². The Labute approximate surface area is 138 Å². The summed E-state index contributed by atoms with van der Waals surface area (Å²) in [6, 6.07) is 11.2. The summed E-state index contributed by atoms with van der Waals surface area (Å²) < 4.78 is 10.9. The van der Waals surface area contributed by atoms with Crippen molar-refractivity contribution in [3.63, 3.8) is 0 Å². The van der Waals surface area contributed by atoms with E-state index in [1.165, 1.54) is 0 Å².